The van der Waals surface area contributed by atoms with Crippen LogP contribution in [0, 0.1) is 11.8 Å². The van der Waals surface area contributed by atoms with Gasteiger partial charge in [-0.15, -0.1) is 5.92 Å². The lowest BCUT2D eigenvalue weighted by Crippen LogP contribution is -2.37. The molecule has 0 spiro atoms. The summed E-state index contributed by atoms with van der Waals surface area (Å²) in [4.78, 5) is 10.8. The van der Waals surface area contributed by atoms with Gasteiger partial charge in [-0.2, -0.15) is 0 Å². The van der Waals surface area contributed by atoms with Crippen LogP contribution in [0.25, 0.3) is 0 Å². The maximum Gasteiger partial charge on any atom is 0.336 e. The van der Waals surface area contributed by atoms with Crippen LogP contribution in [-0.2, 0) is 9.53 Å². The summed E-state index contributed by atoms with van der Waals surface area (Å²) < 4.78 is 5.20. The summed E-state index contributed by atoms with van der Waals surface area (Å²) in [5.74, 6) is 4.55. The smallest absolute Gasteiger partial charge is 0.336 e. The maximum atomic E-state index is 10.8. The van der Waals surface area contributed by atoms with E-state index < -0.39 is 11.6 Å². The topological polar surface area (TPSA) is 46.5 Å². The minimum absolute atomic E-state index is 0.304. The van der Waals surface area contributed by atoms with Crippen molar-refractivity contribution in [1.82, 2.24) is 0 Å². The number of carboxylic acid groups (broad SMARTS) is 1. The van der Waals surface area contributed by atoms with Gasteiger partial charge in [-0.05, 0) is 19.8 Å². The van der Waals surface area contributed by atoms with Crippen molar-refractivity contribution in [3.8, 4) is 11.8 Å². The van der Waals surface area contributed by atoms with Gasteiger partial charge in [0.05, 0.1) is 0 Å². The van der Waals surface area contributed by atoms with Crippen molar-refractivity contribution in [2.75, 3.05) is 6.61 Å². The monoisotopic (exact) mass is 168 g/mol. The van der Waals surface area contributed by atoms with Crippen LogP contribution in [0.15, 0.2) is 0 Å². The Kier molecular flexibility index (Phi) is 2.72. The summed E-state index contributed by atoms with van der Waals surface area (Å²) in [6.45, 7) is 2.24. The number of aliphatic carboxylic acids is 1. The predicted molar refractivity (Wildman–Crippen MR) is 43.6 cm³/mol. The van der Waals surface area contributed by atoms with Gasteiger partial charge in [0.2, 0.25) is 0 Å². The third-order valence-corrected chi connectivity index (χ3v) is 2.04. The van der Waals surface area contributed by atoms with E-state index in [1.165, 1.54) is 0 Å². The summed E-state index contributed by atoms with van der Waals surface area (Å²) in [5, 5.41) is 8.90. The zero-order chi connectivity index (χ0) is 9.03. The van der Waals surface area contributed by atoms with Gasteiger partial charge in [0.15, 0.2) is 5.60 Å². The van der Waals surface area contributed by atoms with Crippen molar-refractivity contribution < 1.29 is 14.6 Å². The Hall–Kier alpha value is -1.01. The van der Waals surface area contributed by atoms with Crippen LogP contribution >= 0.6 is 0 Å². The third-order valence-electron chi connectivity index (χ3n) is 2.04. The molecule has 1 atom stereocenters. The summed E-state index contributed by atoms with van der Waals surface area (Å²) in [6.07, 6.45) is 1.70. The van der Waals surface area contributed by atoms with Crippen molar-refractivity contribution >= 4 is 5.97 Å². The Labute approximate surface area is 71.7 Å². The first kappa shape index (κ1) is 9.08. The number of carbonyl (C=O) groups is 1. The molecule has 12 heavy (non-hydrogen) atoms. The molecular formula is C9H12O3. The summed E-state index contributed by atoms with van der Waals surface area (Å²) >= 11 is 0. The van der Waals surface area contributed by atoms with E-state index in [4.69, 9.17) is 9.84 Å². The summed E-state index contributed by atoms with van der Waals surface area (Å²) in [6, 6.07) is 0. The molecule has 0 radical (unpaired) electrons. The average Bonchev–Trinajstić information content (AvgIpc) is 2.50. The molecule has 0 aromatic carbocycles. The maximum absolute atomic E-state index is 10.8. The molecule has 1 rings (SSSR count). The van der Waals surface area contributed by atoms with Gasteiger partial charge in [-0.1, -0.05) is 5.92 Å². The molecule has 66 valence electrons. The highest BCUT2D eigenvalue weighted by molar-refractivity contribution is 5.78. The number of hydrogen-bond donors (Lipinski definition) is 1. The molecule has 0 aliphatic carbocycles. The van der Waals surface area contributed by atoms with Gasteiger partial charge in [-0.3, -0.25) is 0 Å². The summed E-state index contributed by atoms with van der Waals surface area (Å²) in [5.41, 5.74) is -1.01. The lowest BCUT2D eigenvalue weighted by Gasteiger charge is -2.19. The standard InChI is InChI=1S/C9H12O3/c1-2-3-5-9(8(10)11)6-4-7-12-9/h4-7H2,1H3,(H,10,11). The first-order chi connectivity index (χ1) is 5.71. The number of carboxylic acids is 1. The Balaban J connectivity index is 2.69. The number of rotatable bonds is 2. The van der Waals surface area contributed by atoms with E-state index in [1.54, 1.807) is 6.92 Å². The van der Waals surface area contributed by atoms with Crippen molar-refractivity contribution in [3.05, 3.63) is 0 Å². The Morgan fingerprint density at radius 3 is 2.92 bits per heavy atom. The fraction of sp³-hybridized carbons (Fsp3) is 0.667. The van der Waals surface area contributed by atoms with Crippen LogP contribution in [0.5, 0.6) is 0 Å². The fourth-order valence-corrected chi connectivity index (χ4v) is 1.31. The minimum atomic E-state index is -1.01. The molecule has 3 nitrogen and oxygen atoms in total. The van der Waals surface area contributed by atoms with E-state index in [2.05, 4.69) is 11.8 Å². The lowest BCUT2D eigenvalue weighted by molar-refractivity contribution is -0.159. The van der Waals surface area contributed by atoms with E-state index in [0.717, 1.165) is 6.42 Å². The van der Waals surface area contributed by atoms with Crippen molar-refractivity contribution in [2.45, 2.75) is 31.8 Å². The number of hydrogen-bond acceptors (Lipinski definition) is 2. The highest BCUT2D eigenvalue weighted by Crippen LogP contribution is 2.28. The Morgan fingerprint density at radius 1 is 1.75 bits per heavy atom. The molecule has 0 bridgehead atoms. The van der Waals surface area contributed by atoms with Gasteiger partial charge in [0.1, 0.15) is 0 Å². The van der Waals surface area contributed by atoms with Gasteiger partial charge in [0.25, 0.3) is 0 Å². The molecule has 1 N–H and O–H groups in total. The second-order valence-electron chi connectivity index (χ2n) is 2.86. The molecule has 1 aliphatic heterocycles. The van der Waals surface area contributed by atoms with Crippen LogP contribution in [0.1, 0.15) is 26.2 Å². The van der Waals surface area contributed by atoms with Crippen LogP contribution in [0.3, 0.4) is 0 Å². The normalized spacial score (nSPS) is 27.8. The molecule has 3 heteroatoms. The van der Waals surface area contributed by atoms with E-state index in [9.17, 15) is 4.79 Å². The average molecular weight is 168 g/mol. The largest absolute Gasteiger partial charge is 0.479 e. The molecular weight excluding hydrogens is 156 g/mol. The van der Waals surface area contributed by atoms with E-state index in [1.807, 2.05) is 0 Å². The van der Waals surface area contributed by atoms with E-state index in [0.29, 0.717) is 19.4 Å². The fourth-order valence-electron chi connectivity index (χ4n) is 1.31. The molecule has 1 fully saturated rings. The van der Waals surface area contributed by atoms with Gasteiger partial charge >= 0.3 is 5.97 Å². The molecule has 1 unspecified atom stereocenters. The molecule has 1 heterocycles. The van der Waals surface area contributed by atoms with E-state index in [-0.39, 0.29) is 0 Å². The van der Waals surface area contributed by atoms with Crippen LogP contribution in [-0.4, -0.2) is 23.3 Å². The predicted octanol–water partition coefficient (Wildman–Crippen LogP) is 1.03. The zero-order valence-electron chi connectivity index (χ0n) is 7.09. The Morgan fingerprint density at radius 2 is 2.50 bits per heavy atom. The first-order valence-electron chi connectivity index (χ1n) is 3.98. The first-order valence-corrected chi connectivity index (χ1v) is 3.98. The molecule has 1 saturated heterocycles. The molecule has 0 amide bonds. The molecule has 0 aromatic rings. The second-order valence-corrected chi connectivity index (χ2v) is 2.86. The number of ether oxygens (including phenoxy) is 1. The lowest BCUT2D eigenvalue weighted by atomic mass is 9.97. The quantitative estimate of drug-likeness (QED) is 0.626. The minimum Gasteiger partial charge on any atom is -0.479 e. The zero-order valence-corrected chi connectivity index (χ0v) is 7.09. The van der Waals surface area contributed by atoms with Crippen molar-refractivity contribution in [1.29, 1.82) is 0 Å². The van der Waals surface area contributed by atoms with Gasteiger partial charge in [-0.25, -0.2) is 4.79 Å². The second kappa shape index (κ2) is 3.59. The van der Waals surface area contributed by atoms with Gasteiger partial charge < -0.3 is 9.84 Å². The summed E-state index contributed by atoms with van der Waals surface area (Å²) in [7, 11) is 0. The third kappa shape index (κ3) is 1.59. The van der Waals surface area contributed by atoms with E-state index >= 15 is 0 Å². The SMILES string of the molecule is CC#CCC1(C(=O)O)CCCO1. The van der Waals surface area contributed by atoms with Crippen molar-refractivity contribution in [2.24, 2.45) is 0 Å². The molecule has 1 aliphatic rings. The Bertz CT molecular complexity index is 228. The van der Waals surface area contributed by atoms with Crippen LogP contribution < -0.4 is 0 Å². The van der Waals surface area contributed by atoms with Crippen LogP contribution in [0.4, 0.5) is 0 Å². The molecule has 0 saturated carbocycles. The highest BCUT2D eigenvalue weighted by atomic mass is 16.5. The highest BCUT2D eigenvalue weighted by Gasteiger charge is 2.42. The van der Waals surface area contributed by atoms with Crippen LogP contribution in [0.2, 0.25) is 0 Å². The molecule has 0 aromatic heterocycles. The van der Waals surface area contributed by atoms with Gasteiger partial charge in [0, 0.05) is 13.0 Å². The van der Waals surface area contributed by atoms with Crippen molar-refractivity contribution in [3.63, 3.8) is 0 Å².